The molecule has 14 rings (SSSR count). The summed E-state index contributed by atoms with van der Waals surface area (Å²) >= 11 is 0. The van der Waals surface area contributed by atoms with Crippen LogP contribution in [0.15, 0.2) is 217 Å². The third-order valence-corrected chi connectivity index (χ3v) is 13.5. The van der Waals surface area contributed by atoms with Crippen molar-refractivity contribution in [2.45, 2.75) is 5.41 Å². The third-order valence-electron chi connectivity index (χ3n) is 13.5. The van der Waals surface area contributed by atoms with E-state index in [1.54, 1.807) is 0 Å². The Balaban J connectivity index is 1.05. The maximum atomic E-state index is 6.67. The van der Waals surface area contributed by atoms with E-state index in [4.69, 9.17) is 24.1 Å². The molecular formula is C60H35N3O2. The van der Waals surface area contributed by atoms with Crippen LogP contribution < -0.4 is 4.74 Å². The highest BCUT2D eigenvalue weighted by Gasteiger charge is 2.51. The van der Waals surface area contributed by atoms with E-state index in [-0.39, 0.29) is 0 Å². The summed E-state index contributed by atoms with van der Waals surface area (Å²) in [4.78, 5) is 16.1. The molecule has 4 heterocycles. The van der Waals surface area contributed by atoms with E-state index in [0.717, 1.165) is 100 Å². The zero-order valence-corrected chi connectivity index (χ0v) is 34.9. The van der Waals surface area contributed by atoms with Crippen LogP contribution in [0.25, 0.3) is 99.9 Å². The first-order valence-corrected chi connectivity index (χ1v) is 22.0. The van der Waals surface area contributed by atoms with Gasteiger partial charge in [-0.2, -0.15) is 0 Å². The van der Waals surface area contributed by atoms with E-state index < -0.39 is 5.41 Å². The van der Waals surface area contributed by atoms with Crippen molar-refractivity contribution in [2.75, 3.05) is 0 Å². The maximum absolute atomic E-state index is 6.67. The minimum Gasteiger partial charge on any atom is -0.457 e. The van der Waals surface area contributed by atoms with Crippen molar-refractivity contribution in [3.05, 3.63) is 235 Å². The first-order valence-electron chi connectivity index (χ1n) is 22.0. The van der Waals surface area contributed by atoms with Crippen molar-refractivity contribution < 1.29 is 9.15 Å². The van der Waals surface area contributed by atoms with E-state index in [1.165, 1.54) is 27.6 Å². The summed E-state index contributed by atoms with van der Waals surface area (Å²) in [5.74, 6) is 2.39. The number of benzene rings is 9. The number of aromatic nitrogens is 3. The first-order chi connectivity index (χ1) is 32.2. The molecule has 1 spiro atoms. The summed E-state index contributed by atoms with van der Waals surface area (Å²) in [6, 6.07) is 74.6. The maximum Gasteiger partial charge on any atom is 0.160 e. The Kier molecular flexibility index (Phi) is 7.54. The zero-order valence-electron chi connectivity index (χ0n) is 34.9. The highest BCUT2D eigenvalue weighted by molar-refractivity contribution is 6.20. The van der Waals surface area contributed by atoms with Crippen LogP contribution in [-0.4, -0.2) is 15.0 Å². The van der Waals surface area contributed by atoms with Gasteiger partial charge in [-0.25, -0.2) is 15.0 Å². The molecule has 302 valence electrons. The molecule has 0 bridgehead atoms. The second-order valence-corrected chi connectivity index (χ2v) is 17.0. The highest BCUT2D eigenvalue weighted by atomic mass is 16.5. The number of fused-ring (bicyclic) bond motifs is 16. The molecule has 0 saturated carbocycles. The summed E-state index contributed by atoms with van der Waals surface area (Å²) in [6.45, 7) is 0. The fourth-order valence-corrected chi connectivity index (χ4v) is 10.8. The van der Waals surface area contributed by atoms with Crippen molar-refractivity contribution in [1.29, 1.82) is 0 Å². The standard InChI is InChI=1S/C60H35N3O2/c1-3-16-36(17-4-1)57-44-32-33-48-56(41-21-7-9-24-45(41)60(48)46-25-10-13-28-53(46)64-54-29-14-11-26-47(54)60)55(44)42-31-30-38(34-50(42)61-57)49-35-51(63-59(62-49)37-18-5-2-6-19-37)43-23-15-22-40-39-20-8-12-27-52(39)65-58(40)43/h1-35H. The van der Waals surface area contributed by atoms with Gasteiger partial charge in [0.2, 0.25) is 0 Å². The molecular weight excluding hydrogens is 795 g/mol. The van der Waals surface area contributed by atoms with Crippen LogP contribution in [0.5, 0.6) is 11.5 Å². The third kappa shape index (κ3) is 5.12. The number of hydrogen-bond donors (Lipinski definition) is 0. The van der Waals surface area contributed by atoms with E-state index in [2.05, 4.69) is 182 Å². The van der Waals surface area contributed by atoms with E-state index >= 15 is 0 Å². The van der Waals surface area contributed by atoms with Crippen LogP contribution in [0.1, 0.15) is 22.3 Å². The minimum absolute atomic E-state index is 0.595. The second-order valence-electron chi connectivity index (χ2n) is 17.0. The lowest BCUT2D eigenvalue weighted by atomic mass is 9.66. The van der Waals surface area contributed by atoms with Crippen LogP contribution in [0.3, 0.4) is 0 Å². The van der Waals surface area contributed by atoms with Gasteiger partial charge in [0.1, 0.15) is 22.7 Å². The lowest BCUT2D eigenvalue weighted by molar-refractivity contribution is 0.436. The van der Waals surface area contributed by atoms with Gasteiger partial charge in [0.05, 0.1) is 28.0 Å². The molecule has 65 heavy (non-hydrogen) atoms. The Morgan fingerprint density at radius 1 is 0.385 bits per heavy atom. The Bertz CT molecular complexity index is 3890. The van der Waals surface area contributed by atoms with E-state index in [1.807, 2.05) is 30.3 Å². The number of furan rings is 1. The number of rotatable bonds is 4. The quantitative estimate of drug-likeness (QED) is 0.165. The Hall–Kier alpha value is -8.67. The van der Waals surface area contributed by atoms with Crippen LogP contribution in [0.2, 0.25) is 0 Å². The lowest BCUT2D eigenvalue weighted by Crippen LogP contribution is -2.32. The molecule has 2 aliphatic rings. The molecule has 1 aliphatic carbocycles. The van der Waals surface area contributed by atoms with Crippen molar-refractivity contribution in [3.63, 3.8) is 0 Å². The number of para-hydroxylation sites is 4. The van der Waals surface area contributed by atoms with Crippen LogP contribution in [-0.2, 0) is 5.41 Å². The predicted octanol–water partition coefficient (Wildman–Crippen LogP) is 15.2. The lowest BCUT2D eigenvalue weighted by Gasteiger charge is -2.39. The zero-order chi connectivity index (χ0) is 42.6. The van der Waals surface area contributed by atoms with Crippen molar-refractivity contribution in [3.8, 4) is 67.8 Å². The number of hydrogen-bond acceptors (Lipinski definition) is 5. The van der Waals surface area contributed by atoms with Gasteiger partial charge >= 0.3 is 0 Å². The van der Waals surface area contributed by atoms with Gasteiger partial charge in [-0.1, -0.05) is 176 Å². The monoisotopic (exact) mass is 829 g/mol. The Labute approximate surface area is 373 Å². The van der Waals surface area contributed by atoms with Gasteiger partial charge in [-0.05, 0) is 58.7 Å². The molecule has 0 saturated heterocycles. The predicted molar refractivity (Wildman–Crippen MR) is 261 cm³/mol. The van der Waals surface area contributed by atoms with Gasteiger partial charge in [0.25, 0.3) is 0 Å². The average Bonchev–Trinajstić information content (AvgIpc) is 3.90. The van der Waals surface area contributed by atoms with Gasteiger partial charge < -0.3 is 9.15 Å². The van der Waals surface area contributed by atoms with Crippen molar-refractivity contribution >= 4 is 43.6 Å². The number of pyridine rings is 1. The molecule has 0 fully saturated rings. The molecule has 5 nitrogen and oxygen atoms in total. The van der Waals surface area contributed by atoms with Gasteiger partial charge in [-0.3, -0.25) is 0 Å². The molecule has 3 aromatic heterocycles. The van der Waals surface area contributed by atoms with E-state index in [9.17, 15) is 0 Å². The molecule has 0 N–H and O–H groups in total. The summed E-state index contributed by atoms with van der Waals surface area (Å²) in [5, 5.41) is 5.48. The molecule has 0 radical (unpaired) electrons. The number of nitrogens with zero attached hydrogens (tertiary/aromatic N) is 3. The normalized spacial score (nSPS) is 13.2. The average molecular weight is 830 g/mol. The smallest absolute Gasteiger partial charge is 0.160 e. The first kappa shape index (κ1) is 35.9. The Morgan fingerprint density at radius 2 is 1.02 bits per heavy atom. The molecule has 1 aliphatic heterocycles. The molecule has 0 atom stereocenters. The van der Waals surface area contributed by atoms with Gasteiger partial charge in [-0.15, -0.1) is 0 Å². The fourth-order valence-electron chi connectivity index (χ4n) is 10.8. The van der Waals surface area contributed by atoms with Crippen molar-refractivity contribution in [1.82, 2.24) is 15.0 Å². The van der Waals surface area contributed by atoms with Crippen molar-refractivity contribution in [2.24, 2.45) is 0 Å². The summed E-state index contributed by atoms with van der Waals surface area (Å²) in [6.07, 6.45) is 0. The molecule has 9 aromatic carbocycles. The largest absolute Gasteiger partial charge is 0.457 e. The molecule has 5 heteroatoms. The highest BCUT2D eigenvalue weighted by Crippen LogP contribution is 2.63. The minimum atomic E-state index is -0.595. The topological polar surface area (TPSA) is 61.0 Å². The van der Waals surface area contributed by atoms with E-state index in [0.29, 0.717) is 5.82 Å². The summed E-state index contributed by atoms with van der Waals surface area (Å²) in [7, 11) is 0. The summed E-state index contributed by atoms with van der Waals surface area (Å²) < 4.78 is 13.2. The number of ether oxygens (including phenoxy) is 1. The van der Waals surface area contributed by atoms with Gasteiger partial charge in [0, 0.05) is 60.3 Å². The Morgan fingerprint density at radius 3 is 1.82 bits per heavy atom. The van der Waals surface area contributed by atoms with Crippen LogP contribution >= 0.6 is 0 Å². The molecule has 12 aromatic rings. The van der Waals surface area contributed by atoms with Crippen LogP contribution in [0.4, 0.5) is 0 Å². The molecule has 0 unspecified atom stereocenters. The van der Waals surface area contributed by atoms with Crippen LogP contribution in [0, 0.1) is 0 Å². The second kappa shape index (κ2) is 13.7. The fraction of sp³-hybridized carbons (Fsp3) is 0.0167. The van der Waals surface area contributed by atoms with Gasteiger partial charge in [0.15, 0.2) is 5.82 Å². The summed E-state index contributed by atoms with van der Waals surface area (Å²) in [5.41, 5.74) is 15.5. The SMILES string of the molecule is c1ccc(-c2nc(-c3ccc4c(c3)nc(-c3ccccc3)c3ccc5c(c34)-c3ccccc3C53c4ccccc4Oc4ccccc43)cc(-c3cccc4c3oc3ccccc34)n2)cc1. The molecule has 0 amide bonds.